The highest BCUT2D eigenvalue weighted by Crippen LogP contribution is 2.36. The summed E-state index contributed by atoms with van der Waals surface area (Å²) >= 11 is 7.86. The second-order valence-corrected chi connectivity index (χ2v) is 9.24. The summed E-state index contributed by atoms with van der Waals surface area (Å²) in [7, 11) is 1.62. The van der Waals surface area contributed by atoms with Crippen molar-refractivity contribution in [2.45, 2.75) is 25.9 Å². The van der Waals surface area contributed by atoms with Crippen molar-refractivity contribution in [1.29, 1.82) is 0 Å². The van der Waals surface area contributed by atoms with E-state index in [1.54, 1.807) is 25.0 Å². The molecule has 0 N–H and O–H groups in total. The number of thiazole rings is 1. The minimum Gasteiger partial charge on any atom is -0.497 e. The molecule has 1 atom stereocenters. The number of aromatic nitrogens is 2. The Morgan fingerprint density at radius 2 is 2.15 bits per heavy atom. The molecule has 5 rings (SSSR count). The van der Waals surface area contributed by atoms with Gasteiger partial charge in [-0.05, 0) is 38.0 Å². The molecule has 1 fully saturated rings. The minimum atomic E-state index is -0.245. The molecule has 4 aromatic rings. The number of anilines is 1. The molecule has 0 radical (unpaired) electrons. The molecule has 170 valence electrons. The Bertz CT molecular complexity index is 1310. The maximum atomic E-state index is 14.0. The van der Waals surface area contributed by atoms with E-state index in [1.807, 2.05) is 36.4 Å². The molecule has 1 aliphatic rings. The number of benzene rings is 2. The van der Waals surface area contributed by atoms with Gasteiger partial charge in [-0.1, -0.05) is 46.3 Å². The molecule has 9 heteroatoms. The molecule has 1 saturated heterocycles. The first-order valence-corrected chi connectivity index (χ1v) is 11.8. The number of ether oxygens (including phenoxy) is 2. The first-order chi connectivity index (χ1) is 16.0. The zero-order chi connectivity index (χ0) is 22.9. The van der Waals surface area contributed by atoms with Gasteiger partial charge in [0.1, 0.15) is 22.8 Å². The number of methoxy groups -OCH3 is 1. The van der Waals surface area contributed by atoms with E-state index in [4.69, 9.17) is 30.6 Å². The Labute approximate surface area is 199 Å². The summed E-state index contributed by atoms with van der Waals surface area (Å²) < 4.78 is 17.6. The molecule has 0 aliphatic carbocycles. The summed E-state index contributed by atoms with van der Waals surface area (Å²) in [5.74, 6) is 0.896. The molecular formula is C24H22ClN3O4S. The highest BCUT2D eigenvalue weighted by atomic mass is 35.5. The van der Waals surface area contributed by atoms with Crippen LogP contribution in [0.1, 0.15) is 29.0 Å². The van der Waals surface area contributed by atoms with Crippen molar-refractivity contribution < 1.29 is 18.8 Å². The van der Waals surface area contributed by atoms with Crippen molar-refractivity contribution in [1.82, 2.24) is 10.1 Å². The highest BCUT2D eigenvalue weighted by molar-refractivity contribution is 7.22. The zero-order valence-electron chi connectivity index (χ0n) is 18.2. The van der Waals surface area contributed by atoms with Crippen LogP contribution in [0.25, 0.3) is 21.5 Å². The number of aryl methyl sites for hydroxylation is 1. The predicted octanol–water partition coefficient (Wildman–Crippen LogP) is 5.75. The van der Waals surface area contributed by atoms with Crippen LogP contribution < -0.4 is 9.64 Å². The van der Waals surface area contributed by atoms with Gasteiger partial charge in [0.05, 0.1) is 35.0 Å². The zero-order valence-corrected chi connectivity index (χ0v) is 19.8. The van der Waals surface area contributed by atoms with Crippen LogP contribution in [-0.4, -0.2) is 42.4 Å². The molecule has 1 unspecified atom stereocenters. The molecule has 0 spiro atoms. The maximum absolute atomic E-state index is 14.0. The van der Waals surface area contributed by atoms with Crippen molar-refractivity contribution >= 4 is 44.2 Å². The molecule has 2 aromatic heterocycles. The Kier molecular flexibility index (Phi) is 6.05. The number of amides is 1. The summed E-state index contributed by atoms with van der Waals surface area (Å²) in [5.41, 5.74) is 2.21. The van der Waals surface area contributed by atoms with Crippen LogP contribution in [0.3, 0.4) is 0 Å². The van der Waals surface area contributed by atoms with Crippen molar-refractivity contribution in [2.24, 2.45) is 0 Å². The second-order valence-electron chi connectivity index (χ2n) is 7.82. The van der Waals surface area contributed by atoms with Crippen LogP contribution >= 0.6 is 22.9 Å². The minimum absolute atomic E-state index is 0.0561. The molecule has 1 aliphatic heterocycles. The third kappa shape index (κ3) is 4.21. The Balaban J connectivity index is 1.59. The monoisotopic (exact) mass is 483 g/mol. The molecule has 0 saturated carbocycles. The van der Waals surface area contributed by atoms with Gasteiger partial charge in [-0.2, -0.15) is 0 Å². The number of carbonyl (C=O) groups excluding carboxylic acids is 1. The van der Waals surface area contributed by atoms with Crippen LogP contribution in [0.4, 0.5) is 5.13 Å². The average Bonchev–Trinajstić information content (AvgIpc) is 3.56. The lowest BCUT2D eigenvalue weighted by Crippen LogP contribution is -2.37. The second kappa shape index (κ2) is 9.13. The molecule has 1 amide bonds. The van der Waals surface area contributed by atoms with E-state index in [9.17, 15) is 4.79 Å². The van der Waals surface area contributed by atoms with E-state index in [0.717, 1.165) is 23.1 Å². The molecule has 2 aromatic carbocycles. The van der Waals surface area contributed by atoms with E-state index in [-0.39, 0.29) is 12.0 Å². The standard InChI is InChI=1S/C24H22ClN3O4S/c1-14-21(22(27-32-14)17-7-3-4-8-18(17)25)23(29)28(13-16-6-5-11-31-16)24-26-19-12-15(30-2)9-10-20(19)33-24/h3-4,7-10,12,16H,5-6,11,13H2,1-2H3. The normalized spacial score (nSPS) is 15.8. The van der Waals surface area contributed by atoms with E-state index in [1.165, 1.54) is 11.3 Å². The number of hydrogen-bond acceptors (Lipinski definition) is 7. The van der Waals surface area contributed by atoms with Crippen LogP contribution in [0.5, 0.6) is 5.75 Å². The van der Waals surface area contributed by atoms with Gasteiger partial charge in [-0.3, -0.25) is 9.69 Å². The van der Waals surface area contributed by atoms with Crippen LogP contribution in [0.2, 0.25) is 5.02 Å². The quantitative estimate of drug-likeness (QED) is 0.347. The third-order valence-corrected chi connectivity index (χ3v) is 7.06. The first kappa shape index (κ1) is 21.9. The number of hydrogen-bond donors (Lipinski definition) is 0. The van der Waals surface area contributed by atoms with Gasteiger partial charge in [0.15, 0.2) is 5.13 Å². The molecule has 0 bridgehead atoms. The maximum Gasteiger partial charge on any atom is 0.266 e. The number of halogens is 1. The number of rotatable bonds is 6. The number of fused-ring (bicyclic) bond motifs is 1. The summed E-state index contributed by atoms with van der Waals surface area (Å²) in [6.45, 7) is 2.82. The van der Waals surface area contributed by atoms with Crippen LogP contribution in [0, 0.1) is 6.92 Å². The van der Waals surface area contributed by atoms with Gasteiger partial charge < -0.3 is 14.0 Å². The smallest absolute Gasteiger partial charge is 0.266 e. The van der Waals surface area contributed by atoms with Crippen molar-refractivity contribution in [2.75, 3.05) is 25.2 Å². The molecular weight excluding hydrogens is 462 g/mol. The number of nitrogens with zero attached hydrogens (tertiary/aromatic N) is 3. The summed E-state index contributed by atoms with van der Waals surface area (Å²) in [5, 5.41) is 5.25. The fourth-order valence-corrected chi connectivity index (χ4v) is 5.15. The first-order valence-electron chi connectivity index (χ1n) is 10.6. The third-order valence-electron chi connectivity index (χ3n) is 5.68. The van der Waals surface area contributed by atoms with E-state index < -0.39 is 0 Å². The van der Waals surface area contributed by atoms with Gasteiger partial charge in [0.2, 0.25) is 0 Å². The lowest BCUT2D eigenvalue weighted by molar-refractivity contribution is 0.0916. The van der Waals surface area contributed by atoms with Gasteiger partial charge in [-0.15, -0.1) is 0 Å². The molecule has 3 heterocycles. The van der Waals surface area contributed by atoms with Crippen LogP contribution in [-0.2, 0) is 4.74 Å². The van der Waals surface area contributed by atoms with Crippen molar-refractivity contribution in [3.8, 4) is 17.0 Å². The van der Waals surface area contributed by atoms with Crippen molar-refractivity contribution in [3.05, 3.63) is 58.8 Å². The van der Waals surface area contributed by atoms with E-state index in [0.29, 0.717) is 51.6 Å². The molecule has 33 heavy (non-hydrogen) atoms. The average molecular weight is 484 g/mol. The number of carbonyl (C=O) groups is 1. The summed E-state index contributed by atoms with van der Waals surface area (Å²) in [6, 6.07) is 13.0. The van der Waals surface area contributed by atoms with Gasteiger partial charge in [-0.25, -0.2) is 4.98 Å². The van der Waals surface area contributed by atoms with Crippen LogP contribution in [0.15, 0.2) is 47.0 Å². The Morgan fingerprint density at radius 3 is 2.91 bits per heavy atom. The van der Waals surface area contributed by atoms with Gasteiger partial charge >= 0.3 is 0 Å². The summed E-state index contributed by atoms with van der Waals surface area (Å²) in [6.07, 6.45) is 1.81. The predicted molar refractivity (Wildman–Crippen MR) is 129 cm³/mol. The Hall–Kier alpha value is -2.94. The van der Waals surface area contributed by atoms with E-state index >= 15 is 0 Å². The largest absolute Gasteiger partial charge is 0.497 e. The highest BCUT2D eigenvalue weighted by Gasteiger charge is 2.32. The molecule has 7 nitrogen and oxygen atoms in total. The SMILES string of the molecule is COc1ccc2sc(N(CC3CCCO3)C(=O)c3c(-c4ccccc4Cl)noc3C)nc2c1. The van der Waals surface area contributed by atoms with E-state index in [2.05, 4.69) is 5.16 Å². The fourth-order valence-electron chi connectivity index (χ4n) is 3.97. The lowest BCUT2D eigenvalue weighted by atomic mass is 10.0. The summed E-state index contributed by atoms with van der Waals surface area (Å²) in [4.78, 5) is 20.4. The lowest BCUT2D eigenvalue weighted by Gasteiger charge is -2.23. The van der Waals surface area contributed by atoms with Crippen molar-refractivity contribution in [3.63, 3.8) is 0 Å². The Morgan fingerprint density at radius 1 is 1.30 bits per heavy atom. The van der Waals surface area contributed by atoms with Gasteiger partial charge in [0.25, 0.3) is 5.91 Å². The fraction of sp³-hybridized carbons (Fsp3) is 0.292. The van der Waals surface area contributed by atoms with Gasteiger partial charge in [0, 0.05) is 18.2 Å². The topological polar surface area (TPSA) is 77.7 Å².